The lowest BCUT2D eigenvalue weighted by atomic mass is 10.2. The minimum absolute atomic E-state index is 0.800. The number of nitrogens with zero attached hydrogens (tertiary/aromatic N) is 7. The average Bonchev–Trinajstić information content (AvgIpc) is 3.10. The Hall–Kier alpha value is -2.84. The van der Waals surface area contributed by atoms with Crippen LogP contribution in [-0.4, -0.2) is 80.5 Å². The number of likely N-dealkylation sites (N-methyl/N-ethyl adjacent to an activating group) is 1. The molecular weight excluding hydrogens is 352 g/mol. The van der Waals surface area contributed by atoms with Crippen LogP contribution < -0.4 is 5.32 Å². The van der Waals surface area contributed by atoms with Gasteiger partial charge >= 0.3 is 0 Å². The lowest BCUT2D eigenvalue weighted by Crippen LogP contribution is -2.44. The molecule has 144 valence electrons. The second-order valence-corrected chi connectivity index (χ2v) is 7.39. The highest BCUT2D eigenvalue weighted by atomic mass is 15.2. The quantitative estimate of drug-likeness (QED) is 0.533. The van der Waals surface area contributed by atoms with E-state index in [-0.39, 0.29) is 0 Å². The molecule has 4 aromatic heterocycles. The van der Waals surface area contributed by atoms with Gasteiger partial charge in [0.25, 0.3) is 0 Å². The number of fused-ring (bicyclic) bond motifs is 4. The van der Waals surface area contributed by atoms with Crippen LogP contribution in [0.5, 0.6) is 0 Å². The molecule has 0 atom stereocenters. The lowest BCUT2D eigenvalue weighted by Gasteiger charge is -2.32. The van der Waals surface area contributed by atoms with Gasteiger partial charge in [0, 0.05) is 56.7 Å². The van der Waals surface area contributed by atoms with E-state index < -0.39 is 0 Å². The van der Waals surface area contributed by atoms with Gasteiger partial charge in [0.05, 0.1) is 23.6 Å². The largest absolute Gasteiger partial charge is 0.383 e. The minimum atomic E-state index is 0.800. The molecule has 4 aromatic rings. The molecule has 8 nitrogen and oxygen atoms in total. The summed E-state index contributed by atoms with van der Waals surface area (Å²) < 4.78 is 1.98. The van der Waals surface area contributed by atoms with Crippen molar-refractivity contribution in [2.45, 2.75) is 6.42 Å². The first-order chi connectivity index (χ1) is 13.8. The summed E-state index contributed by atoms with van der Waals surface area (Å²) in [5.74, 6) is 0. The molecule has 1 saturated heterocycles. The summed E-state index contributed by atoms with van der Waals surface area (Å²) in [5, 5.41) is 4.69. The Bertz CT molecular complexity index is 1110. The molecule has 5 rings (SSSR count). The van der Waals surface area contributed by atoms with Crippen LogP contribution >= 0.6 is 0 Å². The number of pyridine rings is 2. The van der Waals surface area contributed by atoms with Crippen molar-refractivity contribution >= 4 is 33.4 Å². The maximum atomic E-state index is 4.79. The maximum Gasteiger partial charge on any atom is 0.167 e. The van der Waals surface area contributed by atoms with Gasteiger partial charge in [-0.15, -0.1) is 0 Å². The van der Waals surface area contributed by atoms with Gasteiger partial charge in [-0.25, -0.2) is 9.97 Å². The number of piperazine rings is 1. The van der Waals surface area contributed by atoms with E-state index in [0.717, 1.165) is 79.1 Å². The van der Waals surface area contributed by atoms with E-state index in [2.05, 4.69) is 32.1 Å². The van der Waals surface area contributed by atoms with Crippen LogP contribution in [0.3, 0.4) is 0 Å². The third-order valence-electron chi connectivity index (χ3n) is 5.49. The summed E-state index contributed by atoms with van der Waals surface area (Å²) >= 11 is 0. The number of anilines is 1. The van der Waals surface area contributed by atoms with E-state index in [9.17, 15) is 0 Å². The number of rotatable bonds is 5. The topological polar surface area (TPSA) is 74.5 Å². The van der Waals surface area contributed by atoms with Gasteiger partial charge in [-0.2, -0.15) is 0 Å². The Balaban J connectivity index is 1.42. The molecule has 1 fully saturated rings. The average molecular weight is 376 g/mol. The maximum absolute atomic E-state index is 4.79. The van der Waals surface area contributed by atoms with Gasteiger partial charge in [-0.3, -0.25) is 14.4 Å². The Kier molecular flexibility index (Phi) is 4.50. The Labute approximate surface area is 163 Å². The van der Waals surface area contributed by atoms with Gasteiger partial charge in [-0.05, 0) is 26.1 Å². The molecule has 0 spiro atoms. The third-order valence-corrected chi connectivity index (χ3v) is 5.49. The number of hydrogen-bond donors (Lipinski definition) is 1. The first-order valence-corrected chi connectivity index (χ1v) is 9.80. The predicted molar refractivity (Wildman–Crippen MR) is 111 cm³/mol. The third kappa shape index (κ3) is 3.14. The molecular formula is C20H24N8. The Morgan fingerprint density at radius 1 is 1.04 bits per heavy atom. The van der Waals surface area contributed by atoms with Gasteiger partial charge in [0.2, 0.25) is 0 Å². The summed E-state index contributed by atoms with van der Waals surface area (Å²) in [4.78, 5) is 22.9. The second-order valence-electron chi connectivity index (χ2n) is 7.39. The number of aromatic nitrogens is 5. The number of nitrogens with one attached hydrogen (secondary N) is 1. The molecule has 0 unspecified atom stereocenters. The molecule has 1 N–H and O–H groups in total. The van der Waals surface area contributed by atoms with Crippen molar-refractivity contribution in [2.24, 2.45) is 0 Å². The zero-order valence-electron chi connectivity index (χ0n) is 16.0. The van der Waals surface area contributed by atoms with Crippen molar-refractivity contribution in [1.29, 1.82) is 0 Å². The van der Waals surface area contributed by atoms with Crippen LogP contribution in [0.4, 0.5) is 5.69 Å². The van der Waals surface area contributed by atoms with Gasteiger partial charge < -0.3 is 15.1 Å². The summed E-state index contributed by atoms with van der Waals surface area (Å²) in [6, 6.07) is 2.01. The lowest BCUT2D eigenvalue weighted by molar-refractivity contribution is 0.154. The highest BCUT2D eigenvalue weighted by molar-refractivity contribution is 6.05. The highest BCUT2D eigenvalue weighted by Gasteiger charge is 2.16. The molecule has 0 saturated carbocycles. The Morgan fingerprint density at radius 2 is 1.89 bits per heavy atom. The van der Waals surface area contributed by atoms with Crippen LogP contribution in [0.15, 0.2) is 37.1 Å². The Morgan fingerprint density at radius 3 is 2.79 bits per heavy atom. The summed E-state index contributed by atoms with van der Waals surface area (Å²) in [6.07, 6.45) is 10.1. The molecule has 0 aromatic carbocycles. The molecule has 1 aliphatic heterocycles. The fourth-order valence-electron chi connectivity index (χ4n) is 3.86. The molecule has 8 heteroatoms. The van der Waals surface area contributed by atoms with Crippen molar-refractivity contribution in [2.75, 3.05) is 51.6 Å². The molecule has 28 heavy (non-hydrogen) atoms. The minimum Gasteiger partial charge on any atom is -0.383 e. The molecule has 0 radical (unpaired) electrons. The first-order valence-electron chi connectivity index (χ1n) is 9.80. The molecule has 0 aliphatic carbocycles. The standard InChI is InChI=1S/C20H24N8/c1-26-9-11-27(12-10-26)7-2-4-23-18-15-3-5-21-13-16(15)24-20-19(18)25-17-14-22-6-8-28(17)20/h3,5-6,8,13-14H,2,4,7,9-12H2,1H3,(H,23,24). The monoisotopic (exact) mass is 376 g/mol. The summed E-state index contributed by atoms with van der Waals surface area (Å²) in [7, 11) is 2.19. The van der Waals surface area contributed by atoms with Gasteiger partial charge in [0.15, 0.2) is 11.3 Å². The van der Waals surface area contributed by atoms with E-state index in [4.69, 9.17) is 9.97 Å². The van der Waals surface area contributed by atoms with Crippen molar-refractivity contribution in [3.63, 3.8) is 0 Å². The fourth-order valence-corrected chi connectivity index (χ4v) is 3.86. The predicted octanol–water partition coefficient (Wildman–Crippen LogP) is 1.88. The zero-order chi connectivity index (χ0) is 18.9. The van der Waals surface area contributed by atoms with Gasteiger partial charge in [-0.1, -0.05) is 0 Å². The number of imidazole rings is 1. The summed E-state index contributed by atoms with van der Waals surface area (Å²) in [5.41, 5.74) is 4.42. The second kappa shape index (κ2) is 7.29. The van der Waals surface area contributed by atoms with Crippen molar-refractivity contribution in [3.05, 3.63) is 37.1 Å². The van der Waals surface area contributed by atoms with E-state index in [1.54, 1.807) is 12.4 Å². The number of hydrogen-bond acceptors (Lipinski definition) is 7. The molecule has 5 heterocycles. The van der Waals surface area contributed by atoms with Crippen LogP contribution in [-0.2, 0) is 0 Å². The smallest absolute Gasteiger partial charge is 0.167 e. The van der Waals surface area contributed by atoms with Gasteiger partial charge in [0.1, 0.15) is 5.52 Å². The SMILES string of the molecule is CN1CCN(CCCNc2c3ccncc3nc3c2nc2cnccn23)CC1. The van der Waals surface area contributed by atoms with E-state index >= 15 is 0 Å². The molecule has 0 amide bonds. The van der Waals surface area contributed by atoms with Crippen LogP contribution in [0.25, 0.3) is 27.7 Å². The van der Waals surface area contributed by atoms with Crippen LogP contribution in [0, 0.1) is 0 Å². The normalized spacial score (nSPS) is 16.3. The van der Waals surface area contributed by atoms with E-state index in [1.807, 2.05) is 29.1 Å². The van der Waals surface area contributed by atoms with E-state index in [0.29, 0.717) is 0 Å². The molecule has 0 bridgehead atoms. The first kappa shape index (κ1) is 17.3. The van der Waals surface area contributed by atoms with Crippen molar-refractivity contribution < 1.29 is 0 Å². The van der Waals surface area contributed by atoms with E-state index in [1.165, 1.54) is 0 Å². The van der Waals surface area contributed by atoms with Crippen molar-refractivity contribution in [1.82, 2.24) is 34.1 Å². The van der Waals surface area contributed by atoms with Crippen molar-refractivity contribution in [3.8, 4) is 0 Å². The zero-order valence-corrected chi connectivity index (χ0v) is 16.0. The fraction of sp³-hybridized carbons (Fsp3) is 0.400. The molecule has 1 aliphatic rings. The van der Waals surface area contributed by atoms with Crippen LogP contribution in [0.2, 0.25) is 0 Å². The highest BCUT2D eigenvalue weighted by Crippen LogP contribution is 2.30. The summed E-state index contributed by atoms with van der Waals surface area (Å²) in [6.45, 7) is 6.64. The van der Waals surface area contributed by atoms with Crippen LogP contribution in [0.1, 0.15) is 6.42 Å².